The number of hydrogen-bond donors (Lipinski definition) is 4. The van der Waals surface area contributed by atoms with Crippen LogP contribution in [0, 0.1) is 0 Å². The van der Waals surface area contributed by atoms with Crippen molar-refractivity contribution in [3.8, 4) is 5.75 Å². The molecule has 8 nitrogen and oxygen atoms in total. The van der Waals surface area contributed by atoms with Gasteiger partial charge in [0.15, 0.2) is 0 Å². The molecule has 2 atom stereocenters. The van der Waals surface area contributed by atoms with Crippen LogP contribution in [0.5, 0.6) is 5.75 Å². The number of fused-ring (bicyclic) bond motifs is 1. The molecule has 0 fully saturated rings. The van der Waals surface area contributed by atoms with E-state index in [1.165, 1.54) is 12.1 Å². The van der Waals surface area contributed by atoms with Crippen LogP contribution in [0.2, 0.25) is 0 Å². The number of amides is 3. The van der Waals surface area contributed by atoms with Crippen LogP contribution in [0.1, 0.15) is 31.9 Å². The Balaban J connectivity index is 1.59. The average Bonchev–Trinajstić information content (AvgIpc) is 2.93. The number of anilines is 1. The number of aromatic hydroxyl groups is 1. The van der Waals surface area contributed by atoms with Crippen molar-refractivity contribution in [3.63, 3.8) is 0 Å². The van der Waals surface area contributed by atoms with Crippen molar-refractivity contribution in [2.45, 2.75) is 51.3 Å². The van der Waals surface area contributed by atoms with Gasteiger partial charge in [0.1, 0.15) is 23.4 Å². The molecule has 41 heavy (non-hydrogen) atoms. The highest BCUT2D eigenvalue weighted by Crippen LogP contribution is 2.23. The lowest BCUT2D eigenvalue weighted by molar-refractivity contribution is -0.127. The number of phenols is 1. The summed E-state index contributed by atoms with van der Waals surface area (Å²) < 4.78 is 5.39. The molecule has 0 saturated carbocycles. The minimum absolute atomic E-state index is 0.0860. The number of benzene rings is 4. The van der Waals surface area contributed by atoms with E-state index in [1.54, 1.807) is 32.9 Å². The number of rotatable bonds is 9. The maximum absolute atomic E-state index is 13.7. The third-order valence-corrected chi connectivity index (χ3v) is 6.35. The van der Waals surface area contributed by atoms with E-state index >= 15 is 0 Å². The summed E-state index contributed by atoms with van der Waals surface area (Å²) in [5.74, 6) is -0.847. The van der Waals surface area contributed by atoms with Gasteiger partial charge in [0.25, 0.3) is 0 Å². The minimum atomic E-state index is -1.04. The van der Waals surface area contributed by atoms with Crippen LogP contribution in [0.3, 0.4) is 0 Å². The molecule has 0 aromatic heterocycles. The Hall–Kier alpha value is -4.85. The molecule has 4 aromatic carbocycles. The molecule has 0 spiro atoms. The number of carbonyl (C=O) groups is 3. The second-order valence-corrected chi connectivity index (χ2v) is 10.8. The van der Waals surface area contributed by atoms with Crippen molar-refractivity contribution < 1.29 is 24.2 Å². The minimum Gasteiger partial charge on any atom is -0.508 e. The SMILES string of the molecule is CC(C)(C)OC(=O)N[C@@H](Cc1ccc(O)cc1)C(=O)N[C@@H](Cc1ccccc1)C(=O)Nc1cccc2ccccc12. The third kappa shape index (κ3) is 8.57. The predicted octanol–water partition coefficient (Wildman–Crippen LogP) is 5.35. The van der Waals surface area contributed by atoms with E-state index in [-0.39, 0.29) is 24.5 Å². The van der Waals surface area contributed by atoms with Crippen molar-refractivity contribution in [1.82, 2.24) is 10.6 Å². The van der Waals surface area contributed by atoms with Gasteiger partial charge in [-0.3, -0.25) is 9.59 Å². The second-order valence-electron chi connectivity index (χ2n) is 10.8. The van der Waals surface area contributed by atoms with Gasteiger partial charge in [-0.1, -0.05) is 78.9 Å². The fourth-order valence-corrected chi connectivity index (χ4v) is 4.41. The van der Waals surface area contributed by atoms with Gasteiger partial charge in [-0.2, -0.15) is 0 Å². The molecule has 4 N–H and O–H groups in total. The highest BCUT2D eigenvalue weighted by molar-refractivity contribution is 6.05. The van der Waals surface area contributed by atoms with Crippen molar-refractivity contribution in [2.24, 2.45) is 0 Å². The second kappa shape index (κ2) is 13.0. The Morgan fingerprint density at radius 1 is 0.707 bits per heavy atom. The van der Waals surface area contributed by atoms with Gasteiger partial charge in [-0.05, 0) is 55.5 Å². The number of carbonyl (C=O) groups excluding carboxylic acids is 3. The molecule has 0 aliphatic carbocycles. The third-order valence-electron chi connectivity index (χ3n) is 6.35. The normalized spacial score (nSPS) is 12.7. The van der Waals surface area contributed by atoms with Crippen LogP contribution in [-0.4, -0.2) is 40.7 Å². The Morgan fingerprint density at radius 3 is 1.98 bits per heavy atom. The first-order chi connectivity index (χ1) is 19.6. The van der Waals surface area contributed by atoms with Gasteiger partial charge in [-0.25, -0.2) is 4.79 Å². The highest BCUT2D eigenvalue weighted by atomic mass is 16.6. The zero-order valence-corrected chi connectivity index (χ0v) is 23.4. The van der Waals surface area contributed by atoms with E-state index < -0.39 is 29.7 Å². The highest BCUT2D eigenvalue weighted by Gasteiger charge is 2.29. The summed E-state index contributed by atoms with van der Waals surface area (Å²) in [5, 5.41) is 20.0. The van der Waals surface area contributed by atoms with Crippen LogP contribution in [0.4, 0.5) is 10.5 Å². The summed E-state index contributed by atoms with van der Waals surface area (Å²) in [6, 6.07) is 27.1. The maximum atomic E-state index is 13.7. The molecule has 0 unspecified atom stereocenters. The number of phenolic OH excluding ortho intramolecular Hbond substituents is 1. The maximum Gasteiger partial charge on any atom is 0.408 e. The fourth-order valence-electron chi connectivity index (χ4n) is 4.41. The first-order valence-corrected chi connectivity index (χ1v) is 13.5. The van der Waals surface area contributed by atoms with Crippen LogP contribution >= 0.6 is 0 Å². The smallest absolute Gasteiger partial charge is 0.408 e. The molecule has 0 heterocycles. The molecule has 4 rings (SSSR count). The molecular formula is C33H35N3O5. The monoisotopic (exact) mass is 553 g/mol. The molecule has 8 heteroatoms. The number of ether oxygens (including phenoxy) is 1. The topological polar surface area (TPSA) is 117 Å². The van der Waals surface area contributed by atoms with E-state index in [4.69, 9.17) is 4.74 Å². The molecule has 0 aliphatic heterocycles. The Morgan fingerprint density at radius 2 is 1.29 bits per heavy atom. The van der Waals surface area contributed by atoms with Crippen molar-refractivity contribution in [3.05, 3.63) is 108 Å². The van der Waals surface area contributed by atoms with Crippen LogP contribution < -0.4 is 16.0 Å². The van der Waals surface area contributed by atoms with Gasteiger partial charge in [-0.15, -0.1) is 0 Å². The lowest BCUT2D eigenvalue weighted by atomic mass is 10.0. The average molecular weight is 554 g/mol. The summed E-state index contributed by atoms with van der Waals surface area (Å²) in [6.45, 7) is 5.19. The van der Waals surface area contributed by atoms with E-state index in [1.807, 2.05) is 72.8 Å². The van der Waals surface area contributed by atoms with E-state index in [2.05, 4.69) is 16.0 Å². The summed E-state index contributed by atoms with van der Waals surface area (Å²) >= 11 is 0. The standard InChI is InChI=1S/C33H35N3O5/c1-33(2,3)41-32(40)36-29(21-23-16-18-25(37)19-17-23)31(39)35-28(20-22-10-5-4-6-11-22)30(38)34-27-15-9-13-24-12-7-8-14-26(24)27/h4-19,28-29,37H,20-21H2,1-3H3,(H,34,38)(H,35,39)(H,36,40)/t28-,29-/m0/s1. The van der Waals surface area contributed by atoms with Crippen molar-refractivity contribution in [2.75, 3.05) is 5.32 Å². The van der Waals surface area contributed by atoms with Crippen molar-refractivity contribution in [1.29, 1.82) is 0 Å². The predicted molar refractivity (Wildman–Crippen MR) is 160 cm³/mol. The van der Waals surface area contributed by atoms with Gasteiger partial charge in [0.05, 0.1) is 0 Å². The van der Waals surface area contributed by atoms with Crippen molar-refractivity contribution >= 4 is 34.4 Å². The molecule has 212 valence electrons. The lowest BCUT2D eigenvalue weighted by Crippen LogP contribution is -2.54. The molecule has 0 bridgehead atoms. The number of alkyl carbamates (subject to hydrolysis) is 1. The molecule has 0 radical (unpaired) electrons. The molecule has 0 saturated heterocycles. The zero-order chi connectivity index (χ0) is 29.4. The first-order valence-electron chi connectivity index (χ1n) is 13.5. The fraction of sp³-hybridized carbons (Fsp3) is 0.242. The van der Waals surface area contributed by atoms with E-state index in [9.17, 15) is 19.5 Å². The van der Waals surface area contributed by atoms with Gasteiger partial charge in [0.2, 0.25) is 11.8 Å². The Kier molecular flexibility index (Phi) is 9.24. The first kappa shape index (κ1) is 29.1. The lowest BCUT2D eigenvalue weighted by Gasteiger charge is -2.25. The zero-order valence-electron chi connectivity index (χ0n) is 23.4. The summed E-state index contributed by atoms with van der Waals surface area (Å²) in [6.07, 6.45) is -0.396. The largest absolute Gasteiger partial charge is 0.508 e. The molecule has 4 aromatic rings. The van der Waals surface area contributed by atoms with Crippen LogP contribution in [0.25, 0.3) is 10.8 Å². The van der Waals surface area contributed by atoms with Gasteiger partial charge >= 0.3 is 6.09 Å². The molecule has 0 aliphatic rings. The number of nitrogens with one attached hydrogen (secondary N) is 3. The Labute approximate surface area is 239 Å². The molecular weight excluding hydrogens is 518 g/mol. The molecule has 3 amide bonds. The summed E-state index contributed by atoms with van der Waals surface area (Å²) in [4.78, 5) is 40.0. The van der Waals surface area contributed by atoms with Crippen LogP contribution in [0.15, 0.2) is 97.1 Å². The summed E-state index contributed by atoms with van der Waals surface area (Å²) in [5.41, 5.74) is 1.44. The van der Waals surface area contributed by atoms with E-state index in [0.29, 0.717) is 11.3 Å². The van der Waals surface area contributed by atoms with Crippen LogP contribution in [-0.2, 0) is 27.2 Å². The quantitative estimate of drug-likeness (QED) is 0.223. The van der Waals surface area contributed by atoms with Gasteiger partial charge < -0.3 is 25.8 Å². The Bertz CT molecular complexity index is 1490. The van der Waals surface area contributed by atoms with Gasteiger partial charge in [0, 0.05) is 23.9 Å². The summed E-state index contributed by atoms with van der Waals surface area (Å²) in [7, 11) is 0. The van der Waals surface area contributed by atoms with E-state index in [0.717, 1.165) is 16.3 Å². The number of hydrogen-bond acceptors (Lipinski definition) is 5.